The van der Waals surface area contributed by atoms with Crippen LogP contribution in [0.1, 0.15) is 5.56 Å². The van der Waals surface area contributed by atoms with E-state index in [1.807, 2.05) is 0 Å². The van der Waals surface area contributed by atoms with Gasteiger partial charge in [-0.15, -0.1) is 0 Å². The van der Waals surface area contributed by atoms with Crippen molar-refractivity contribution in [3.63, 3.8) is 0 Å². The third-order valence-electron chi connectivity index (χ3n) is 3.07. The molecule has 0 fully saturated rings. The summed E-state index contributed by atoms with van der Waals surface area (Å²) in [6.07, 6.45) is 4.42. The van der Waals surface area contributed by atoms with Gasteiger partial charge in [-0.1, -0.05) is 6.07 Å². The number of hydrogen-bond donors (Lipinski definition) is 0. The van der Waals surface area contributed by atoms with Gasteiger partial charge >= 0.3 is 6.61 Å². The predicted molar refractivity (Wildman–Crippen MR) is 78.8 cm³/mol. The second-order valence-electron chi connectivity index (χ2n) is 4.56. The van der Waals surface area contributed by atoms with Gasteiger partial charge in [0.2, 0.25) is 5.91 Å². The number of carbonyl (C=O) groups is 1. The number of nitrogens with zero attached hydrogens (tertiary/aromatic N) is 3. The molecular weight excluding hydrogens is 308 g/mol. The molecule has 6 nitrogen and oxygen atoms in total. The average molecular weight is 323 g/mol. The average Bonchev–Trinajstić information content (AvgIpc) is 2.54. The lowest BCUT2D eigenvalue weighted by atomic mass is 10.1. The monoisotopic (exact) mass is 323 g/mol. The van der Waals surface area contributed by atoms with Gasteiger partial charge in [-0.25, -0.2) is 4.98 Å². The molecule has 2 aromatic rings. The van der Waals surface area contributed by atoms with Crippen LogP contribution in [0.4, 0.5) is 14.6 Å². The van der Waals surface area contributed by atoms with Gasteiger partial charge in [-0.2, -0.15) is 8.78 Å². The molecule has 0 aliphatic rings. The first-order chi connectivity index (χ1) is 11.0. The molecule has 1 amide bonds. The van der Waals surface area contributed by atoms with Gasteiger partial charge in [0.05, 0.1) is 19.7 Å². The van der Waals surface area contributed by atoms with E-state index < -0.39 is 6.61 Å². The van der Waals surface area contributed by atoms with E-state index in [0.717, 1.165) is 0 Å². The molecule has 0 N–H and O–H groups in total. The van der Waals surface area contributed by atoms with E-state index in [1.165, 1.54) is 42.7 Å². The maximum atomic E-state index is 12.4. The molecule has 122 valence electrons. The minimum absolute atomic E-state index is 0.00331. The Labute approximate surface area is 131 Å². The van der Waals surface area contributed by atoms with E-state index in [4.69, 9.17) is 4.74 Å². The number of aromatic nitrogens is 2. The Morgan fingerprint density at radius 3 is 2.70 bits per heavy atom. The summed E-state index contributed by atoms with van der Waals surface area (Å²) >= 11 is 0. The molecule has 0 saturated carbocycles. The first-order valence-corrected chi connectivity index (χ1v) is 6.65. The van der Waals surface area contributed by atoms with Gasteiger partial charge in [0.25, 0.3) is 0 Å². The maximum absolute atomic E-state index is 12.4. The molecule has 1 aromatic carbocycles. The zero-order valence-corrected chi connectivity index (χ0v) is 12.6. The topological polar surface area (TPSA) is 64.5 Å². The lowest BCUT2D eigenvalue weighted by Gasteiger charge is -2.16. The first kappa shape index (κ1) is 16.6. The molecule has 0 bridgehead atoms. The van der Waals surface area contributed by atoms with Gasteiger partial charge in [-0.3, -0.25) is 14.7 Å². The fourth-order valence-electron chi connectivity index (χ4n) is 1.90. The van der Waals surface area contributed by atoms with Crippen LogP contribution in [0.2, 0.25) is 0 Å². The summed E-state index contributed by atoms with van der Waals surface area (Å²) in [4.78, 5) is 21.5. The van der Waals surface area contributed by atoms with Crippen molar-refractivity contribution in [2.45, 2.75) is 13.0 Å². The number of amides is 1. The second kappa shape index (κ2) is 7.48. The number of benzene rings is 1. The van der Waals surface area contributed by atoms with Crippen LogP contribution in [-0.4, -0.2) is 36.6 Å². The van der Waals surface area contributed by atoms with Crippen molar-refractivity contribution < 1.29 is 23.0 Å². The molecule has 1 aromatic heterocycles. The molecular formula is C15H15F2N3O3. The van der Waals surface area contributed by atoms with E-state index in [2.05, 4.69) is 14.7 Å². The highest BCUT2D eigenvalue weighted by Gasteiger charge is 2.16. The fraction of sp³-hybridized carbons (Fsp3) is 0.267. The number of alkyl halides is 2. The standard InChI is InChI=1S/C15H15F2N3O3/c1-20(13-9-18-5-6-19-13)14(21)8-10-3-4-11(22-2)12(7-10)23-15(16)17/h3-7,9,15H,8H2,1-2H3. The van der Waals surface area contributed by atoms with Crippen molar-refractivity contribution in [1.82, 2.24) is 9.97 Å². The Hall–Kier alpha value is -2.77. The highest BCUT2D eigenvalue weighted by Crippen LogP contribution is 2.29. The number of rotatable bonds is 6. The van der Waals surface area contributed by atoms with Crippen LogP contribution in [0.15, 0.2) is 36.8 Å². The summed E-state index contributed by atoms with van der Waals surface area (Å²) in [6.45, 7) is -2.97. The molecule has 0 aliphatic heterocycles. The summed E-state index contributed by atoms with van der Waals surface area (Å²) in [5, 5.41) is 0. The van der Waals surface area contributed by atoms with E-state index in [0.29, 0.717) is 11.4 Å². The van der Waals surface area contributed by atoms with Gasteiger partial charge < -0.3 is 9.47 Å². The predicted octanol–water partition coefficient (Wildman–Crippen LogP) is 2.29. The van der Waals surface area contributed by atoms with Gasteiger partial charge in [0.15, 0.2) is 17.3 Å². The lowest BCUT2D eigenvalue weighted by Crippen LogP contribution is -2.28. The van der Waals surface area contributed by atoms with Crippen molar-refractivity contribution in [1.29, 1.82) is 0 Å². The van der Waals surface area contributed by atoms with Crippen molar-refractivity contribution in [2.75, 3.05) is 19.1 Å². The van der Waals surface area contributed by atoms with Crippen LogP contribution >= 0.6 is 0 Å². The smallest absolute Gasteiger partial charge is 0.387 e. The van der Waals surface area contributed by atoms with Gasteiger partial charge in [0, 0.05) is 19.4 Å². The zero-order valence-electron chi connectivity index (χ0n) is 12.6. The Balaban J connectivity index is 2.14. The number of anilines is 1. The number of ether oxygens (including phenoxy) is 2. The Kier molecular flexibility index (Phi) is 5.40. The van der Waals surface area contributed by atoms with Crippen LogP contribution in [-0.2, 0) is 11.2 Å². The first-order valence-electron chi connectivity index (χ1n) is 6.65. The Bertz CT molecular complexity index is 668. The van der Waals surface area contributed by atoms with Crippen molar-refractivity contribution in [2.24, 2.45) is 0 Å². The number of methoxy groups -OCH3 is 1. The molecule has 8 heteroatoms. The minimum Gasteiger partial charge on any atom is -0.493 e. The number of likely N-dealkylation sites (N-methyl/N-ethyl adjacent to an activating group) is 1. The third-order valence-corrected chi connectivity index (χ3v) is 3.07. The normalized spacial score (nSPS) is 10.5. The van der Waals surface area contributed by atoms with Gasteiger partial charge in [0.1, 0.15) is 0 Å². The lowest BCUT2D eigenvalue weighted by molar-refractivity contribution is -0.117. The Morgan fingerprint density at radius 1 is 1.30 bits per heavy atom. The van der Waals surface area contributed by atoms with Crippen molar-refractivity contribution in [3.8, 4) is 11.5 Å². The molecule has 0 radical (unpaired) electrons. The van der Waals surface area contributed by atoms with Crippen LogP contribution in [0.5, 0.6) is 11.5 Å². The van der Waals surface area contributed by atoms with E-state index in [1.54, 1.807) is 13.1 Å². The van der Waals surface area contributed by atoms with Crippen LogP contribution < -0.4 is 14.4 Å². The van der Waals surface area contributed by atoms with Crippen LogP contribution in [0.25, 0.3) is 0 Å². The fourth-order valence-corrected chi connectivity index (χ4v) is 1.90. The summed E-state index contributed by atoms with van der Waals surface area (Å²) in [7, 11) is 2.91. The molecule has 0 unspecified atom stereocenters. The largest absolute Gasteiger partial charge is 0.493 e. The molecule has 0 atom stereocenters. The minimum atomic E-state index is -2.97. The van der Waals surface area contributed by atoms with E-state index >= 15 is 0 Å². The van der Waals surface area contributed by atoms with Crippen molar-refractivity contribution >= 4 is 11.7 Å². The Morgan fingerprint density at radius 2 is 2.09 bits per heavy atom. The summed E-state index contributed by atoms with van der Waals surface area (Å²) < 4.78 is 34.2. The molecule has 2 rings (SSSR count). The summed E-state index contributed by atoms with van der Waals surface area (Å²) in [5.74, 6) is 0.187. The molecule has 0 spiro atoms. The molecule has 0 saturated heterocycles. The highest BCUT2D eigenvalue weighted by atomic mass is 19.3. The summed E-state index contributed by atoms with van der Waals surface area (Å²) in [6, 6.07) is 4.44. The maximum Gasteiger partial charge on any atom is 0.387 e. The van der Waals surface area contributed by atoms with E-state index in [9.17, 15) is 13.6 Å². The number of halogens is 2. The summed E-state index contributed by atoms with van der Waals surface area (Å²) in [5.41, 5.74) is 0.516. The zero-order chi connectivity index (χ0) is 16.8. The second-order valence-corrected chi connectivity index (χ2v) is 4.56. The van der Waals surface area contributed by atoms with Gasteiger partial charge in [-0.05, 0) is 17.7 Å². The third kappa shape index (κ3) is 4.35. The van der Waals surface area contributed by atoms with Crippen LogP contribution in [0, 0.1) is 0 Å². The van der Waals surface area contributed by atoms with Crippen molar-refractivity contribution in [3.05, 3.63) is 42.4 Å². The number of carbonyl (C=O) groups excluding carboxylic acids is 1. The molecule has 0 aliphatic carbocycles. The van der Waals surface area contributed by atoms with E-state index in [-0.39, 0.29) is 23.8 Å². The highest BCUT2D eigenvalue weighted by molar-refractivity contribution is 5.93. The molecule has 23 heavy (non-hydrogen) atoms. The van der Waals surface area contributed by atoms with Crippen LogP contribution in [0.3, 0.4) is 0 Å². The molecule has 1 heterocycles. The SMILES string of the molecule is COc1ccc(CC(=O)N(C)c2cnccn2)cc1OC(F)F. The number of hydrogen-bond acceptors (Lipinski definition) is 5. The quantitative estimate of drug-likeness (QED) is 0.816.